The summed E-state index contributed by atoms with van der Waals surface area (Å²) in [5.41, 5.74) is 0.485. The van der Waals surface area contributed by atoms with Gasteiger partial charge in [0.25, 0.3) is 0 Å². The van der Waals surface area contributed by atoms with Crippen LogP contribution in [0.5, 0.6) is 0 Å². The van der Waals surface area contributed by atoms with Gasteiger partial charge in [0.1, 0.15) is 11.4 Å². The van der Waals surface area contributed by atoms with Gasteiger partial charge in [0.05, 0.1) is 29.2 Å². The van der Waals surface area contributed by atoms with E-state index in [0.29, 0.717) is 22.8 Å². The highest BCUT2D eigenvalue weighted by atomic mass is 35.5. The molecule has 0 aliphatic carbocycles. The van der Waals surface area contributed by atoms with Crippen molar-refractivity contribution in [3.63, 3.8) is 0 Å². The summed E-state index contributed by atoms with van der Waals surface area (Å²) >= 11 is 6.13. The molecule has 0 saturated heterocycles. The Balaban J connectivity index is 2.39. The smallest absolute Gasteiger partial charge is 0.141 e. The maximum Gasteiger partial charge on any atom is 0.141 e. The fraction of sp³-hybridized carbons (Fsp3) is 0.267. The van der Waals surface area contributed by atoms with E-state index in [9.17, 15) is 9.50 Å². The molecule has 5 heteroatoms. The second kappa shape index (κ2) is 6.20. The van der Waals surface area contributed by atoms with E-state index >= 15 is 0 Å². The largest absolute Gasteiger partial charge is 0.394 e. The molecule has 1 aromatic heterocycles. The normalized spacial score (nSPS) is 13.8. The SMILES string of the molecule is CCC(CO)(Nc1ccccc1Cl)c1ccc(F)cn1. The van der Waals surface area contributed by atoms with E-state index in [1.165, 1.54) is 6.07 Å². The van der Waals surface area contributed by atoms with Crippen LogP contribution in [0.1, 0.15) is 19.0 Å². The van der Waals surface area contributed by atoms with E-state index < -0.39 is 11.4 Å². The maximum atomic E-state index is 13.0. The van der Waals surface area contributed by atoms with Crippen LogP contribution in [0.15, 0.2) is 42.6 Å². The number of aliphatic hydroxyl groups excluding tert-OH is 1. The van der Waals surface area contributed by atoms with Crippen molar-refractivity contribution < 1.29 is 9.50 Å². The molecule has 2 rings (SSSR count). The van der Waals surface area contributed by atoms with Gasteiger partial charge in [0, 0.05) is 0 Å². The molecule has 20 heavy (non-hydrogen) atoms. The average molecular weight is 295 g/mol. The summed E-state index contributed by atoms with van der Waals surface area (Å²) in [6, 6.07) is 10.2. The molecule has 0 aliphatic heterocycles. The topological polar surface area (TPSA) is 45.1 Å². The first kappa shape index (κ1) is 14.8. The van der Waals surface area contributed by atoms with Gasteiger partial charge in [-0.3, -0.25) is 4.98 Å². The van der Waals surface area contributed by atoms with E-state index in [4.69, 9.17) is 11.6 Å². The van der Waals surface area contributed by atoms with Crippen LogP contribution in [-0.4, -0.2) is 16.7 Å². The number of halogens is 2. The van der Waals surface area contributed by atoms with Crippen LogP contribution in [0.4, 0.5) is 10.1 Å². The van der Waals surface area contributed by atoms with E-state index in [2.05, 4.69) is 10.3 Å². The van der Waals surface area contributed by atoms with Crippen molar-refractivity contribution in [2.45, 2.75) is 18.9 Å². The number of hydrogen-bond acceptors (Lipinski definition) is 3. The molecule has 2 N–H and O–H groups in total. The van der Waals surface area contributed by atoms with E-state index in [1.54, 1.807) is 12.1 Å². The zero-order chi connectivity index (χ0) is 14.6. The number of rotatable bonds is 5. The van der Waals surface area contributed by atoms with Gasteiger partial charge in [0.2, 0.25) is 0 Å². The number of pyridine rings is 1. The van der Waals surface area contributed by atoms with Crippen molar-refractivity contribution in [1.29, 1.82) is 0 Å². The number of anilines is 1. The average Bonchev–Trinajstić information content (AvgIpc) is 2.48. The Kier molecular flexibility index (Phi) is 4.57. The second-order valence-corrected chi connectivity index (χ2v) is 4.97. The van der Waals surface area contributed by atoms with Crippen LogP contribution >= 0.6 is 11.6 Å². The first-order valence-corrected chi connectivity index (χ1v) is 6.74. The molecule has 1 atom stereocenters. The third-order valence-corrected chi connectivity index (χ3v) is 3.67. The van der Waals surface area contributed by atoms with Crippen LogP contribution in [0.25, 0.3) is 0 Å². The van der Waals surface area contributed by atoms with Crippen LogP contribution in [0.2, 0.25) is 5.02 Å². The highest BCUT2D eigenvalue weighted by Crippen LogP contribution is 2.31. The molecular weight excluding hydrogens is 279 g/mol. The Labute approximate surface area is 122 Å². The highest BCUT2D eigenvalue weighted by Gasteiger charge is 2.31. The predicted molar refractivity (Wildman–Crippen MR) is 78.3 cm³/mol. The molecule has 0 spiro atoms. The Bertz CT molecular complexity index is 570. The minimum Gasteiger partial charge on any atom is -0.394 e. The van der Waals surface area contributed by atoms with E-state index in [1.807, 2.05) is 25.1 Å². The molecule has 0 bridgehead atoms. The lowest BCUT2D eigenvalue weighted by atomic mass is 9.91. The van der Waals surface area contributed by atoms with Gasteiger partial charge in [0.15, 0.2) is 0 Å². The summed E-state index contributed by atoms with van der Waals surface area (Å²) in [5, 5.41) is 13.6. The van der Waals surface area contributed by atoms with Crippen LogP contribution in [0, 0.1) is 5.82 Å². The fourth-order valence-electron chi connectivity index (χ4n) is 2.05. The standard InChI is InChI=1S/C15H16ClFN2O/c1-2-15(10-20,14-8-7-11(17)9-18-14)19-13-6-4-3-5-12(13)16/h3-9,19-20H,2,10H2,1H3. The lowest BCUT2D eigenvalue weighted by Gasteiger charge is -2.33. The third-order valence-electron chi connectivity index (χ3n) is 3.34. The number of para-hydroxylation sites is 1. The number of hydrogen-bond donors (Lipinski definition) is 2. The number of aromatic nitrogens is 1. The van der Waals surface area contributed by atoms with Gasteiger partial charge in [-0.25, -0.2) is 4.39 Å². The van der Waals surface area contributed by atoms with Crippen LogP contribution in [0.3, 0.4) is 0 Å². The number of aliphatic hydroxyl groups is 1. The molecule has 1 unspecified atom stereocenters. The Hall–Kier alpha value is -1.65. The molecule has 0 radical (unpaired) electrons. The van der Waals surface area contributed by atoms with E-state index in [0.717, 1.165) is 6.20 Å². The van der Waals surface area contributed by atoms with Gasteiger partial charge < -0.3 is 10.4 Å². The molecule has 0 amide bonds. The van der Waals surface area contributed by atoms with Crippen molar-refractivity contribution in [1.82, 2.24) is 4.98 Å². The summed E-state index contributed by atoms with van der Waals surface area (Å²) in [5.74, 6) is -0.408. The lowest BCUT2D eigenvalue weighted by molar-refractivity contribution is 0.204. The first-order chi connectivity index (χ1) is 9.61. The van der Waals surface area contributed by atoms with Gasteiger partial charge in [-0.05, 0) is 30.7 Å². The Morgan fingerprint density at radius 2 is 2.05 bits per heavy atom. The number of nitrogens with one attached hydrogen (secondary N) is 1. The third kappa shape index (κ3) is 2.92. The second-order valence-electron chi connectivity index (χ2n) is 4.56. The molecule has 1 aromatic carbocycles. The zero-order valence-corrected chi connectivity index (χ0v) is 11.9. The minimum atomic E-state index is -0.793. The quantitative estimate of drug-likeness (QED) is 0.886. The first-order valence-electron chi connectivity index (χ1n) is 6.37. The van der Waals surface area contributed by atoms with Crippen molar-refractivity contribution in [2.75, 3.05) is 11.9 Å². The Morgan fingerprint density at radius 3 is 2.60 bits per heavy atom. The molecule has 106 valence electrons. The van der Waals surface area contributed by atoms with Gasteiger partial charge >= 0.3 is 0 Å². The van der Waals surface area contributed by atoms with Crippen molar-refractivity contribution in [2.24, 2.45) is 0 Å². The maximum absolute atomic E-state index is 13.0. The highest BCUT2D eigenvalue weighted by molar-refractivity contribution is 6.33. The summed E-state index contributed by atoms with van der Waals surface area (Å²) < 4.78 is 13.0. The molecule has 0 aliphatic rings. The summed E-state index contributed by atoms with van der Waals surface area (Å²) in [6.07, 6.45) is 1.72. The molecule has 0 fully saturated rings. The Morgan fingerprint density at radius 1 is 1.30 bits per heavy atom. The minimum absolute atomic E-state index is 0.173. The fourth-order valence-corrected chi connectivity index (χ4v) is 2.23. The van der Waals surface area contributed by atoms with Gasteiger partial charge in [-0.1, -0.05) is 30.7 Å². The summed E-state index contributed by atoms with van der Waals surface area (Å²) in [6.45, 7) is 1.75. The van der Waals surface area contributed by atoms with Crippen molar-refractivity contribution in [3.8, 4) is 0 Å². The van der Waals surface area contributed by atoms with Gasteiger partial charge in [-0.2, -0.15) is 0 Å². The molecule has 3 nitrogen and oxygen atoms in total. The summed E-state index contributed by atoms with van der Waals surface area (Å²) in [7, 11) is 0. The predicted octanol–water partition coefficient (Wildman–Crippen LogP) is 3.58. The van der Waals surface area contributed by atoms with Crippen molar-refractivity contribution >= 4 is 17.3 Å². The molecular formula is C15H16ClFN2O. The lowest BCUT2D eigenvalue weighted by Crippen LogP contribution is -2.39. The monoisotopic (exact) mass is 294 g/mol. The van der Waals surface area contributed by atoms with Gasteiger partial charge in [-0.15, -0.1) is 0 Å². The van der Waals surface area contributed by atoms with E-state index in [-0.39, 0.29) is 6.61 Å². The zero-order valence-electron chi connectivity index (χ0n) is 11.1. The van der Waals surface area contributed by atoms with Crippen molar-refractivity contribution in [3.05, 3.63) is 59.1 Å². The van der Waals surface area contributed by atoms with Crippen LogP contribution < -0.4 is 5.32 Å². The molecule has 0 saturated carbocycles. The molecule has 1 heterocycles. The summed E-state index contributed by atoms with van der Waals surface area (Å²) in [4.78, 5) is 4.08. The molecule has 2 aromatic rings. The van der Waals surface area contributed by atoms with Crippen LogP contribution in [-0.2, 0) is 5.54 Å². The number of nitrogens with zero attached hydrogens (tertiary/aromatic N) is 1. The number of benzene rings is 1.